The van der Waals surface area contributed by atoms with Gasteiger partial charge in [0.25, 0.3) is 0 Å². The first kappa shape index (κ1) is 26.5. The third kappa shape index (κ3) is 5.07. The standard InChI is InChI=1S/C28H46N2Si2/c1-22(23-14-18-25(19-15-23)29(8)31(10,11)27(2,3)4)24-16-20-26(21-17-24)30(9)32(12,13)28(5,6)7/h14-21H,1H2,2-13H3. The molecule has 0 unspecified atom stereocenters. The molecule has 0 aliphatic carbocycles. The Morgan fingerprint density at radius 3 is 1.06 bits per heavy atom. The van der Waals surface area contributed by atoms with E-state index in [0.717, 1.165) is 5.57 Å². The second-order valence-electron chi connectivity index (χ2n) is 12.3. The summed E-state index contributed by atoms with van der Waals surface area (Å²) >= 11 is 0. The molecular formula is C28H46N2Si2. The zero-order valence-electron chi connectivity index (χ0n) is 22.7. The van der Waals surface area contributed by atoms with Crippen molar-refractivity contribution in [2.75, 3.05) is 23.2 Å². The summed E-state index contributed by atoms with van der Waals surface area (Å²) in [6.07, 6.45) is 0. The second-order valence-corrected chi connectivity index (χ2v) is 22.9. The van der Waals surface area contributed by atoms with Crippen molar-refractivity contribution in [2.24, 2.45) is 0 Å². The smallest absolute Gasteiger partial charge is 0.155 e. The molecule has 0 fully saturated rings. The highest BCUT2D eigenvalue weighted by atomic mass is 28.3. The maximum Gasteiger partial charge on any atom is 0.155 e. The maximum atomic E-state index is 4.41. The number of benzene rings is 2. The summed E-state index contributed by atoms with van der Waals surface area (Å²) in [7, 11) is 1.31. The zero-order valence-corrected chi connectivity index (χ0v) is 24.7. The van der Waals surface area contributed by atoms with E-state index in [2.05, 4.69) is 146 Å². The van der Waals surface area contributed by atoms with Crippen LogP contribution >= 0.6 is 0 Å². The lowest BCUT2D eigenvalue weighted by Crippen LogP contribution is -2.53. The van der Waals surface area contributed by atoms with Gasteiger partial charge < -0.3 is 9.13 Å². The highest BCUT2D eigenvalue weighted by Crippen LogP contribution is 2.41. The van der Waals surface area contributed by atoms with Gasteiger partial charge in [-0.2, -0.15) is 0 Å². The molecule has 0 aliphatic heterocycles. The van der Waals surface area contributed by atoms with Crippen molar-refractivity contribution >= 4 is 33.4 Å². The largest absolute Gasteiger partial charge is 0.400 e. The minimum Gasteiger partial charge on any atom is -0.400 e. The Morgan fingerprint density at radius 1 is 0.594 bits per heavy atom. The van der Waals surface area contributed by atoms with Crippen molar-refractivity contribution in [3.63, 3.8) is 0 Å². The van der Waals surface area contributed by atoms with Crippen LogP contribution in [0.15, 0.2) is 55.1 Å². The summed E-state index contributed by atoms with van der Waals surface area (Å²) in [6, 6.07) is 17.9. The van der Waals surface area contributed by atoms with E-state index in [1.807, 2.05) is 0 Å². The quantitative estimate of drug-likeness (QED) is 0.393. The van der Waals surface area contributed by atoms with E-state index in [4.69, 9.17) is 0 Å². The van der Waals surface area contributed by atoms with Gasteiger partial charge in [0.15, 0.2) is 16.5 Å². The third-order valence-corrected chi connectivity index (χ3v) is 19.8. The highest BCUT2D eigenvalue weighted by Gasteiger charge is 2.40. The molecule has 0 saturated heterocycles. The van der Waals surface area contributed by atoms with Crippen molar-refractivity contribution < 1.29 is 0 Å². The van der Waals surface area contributed by atoms with Gasteiger partial charge in [-0.3, -0.25) is 0 Å². The van der Waals surface area contributed by atoms with E-state index < -0.39 is 16.5 Å². The van der Waals surface area contributed by atoms with Crippen molar-refractivity contribution in [3.05, 3.63) is 66.2 Å². The lowest BCUT2D eigenvalue weighted by atomic mass is 9.99. The summed E-state index contributed by atoms with van der Waals surface area (Å²) < 4.78 is 5.04. The predicted octanol–water partition coefficient (Wildman–Crippen LogP) is 8.63. The summed E-state index contributed by atoms with van der Waals surface area (Å²) in [5.41, 5.74) is 6.03. The van der Waals surface area contributed by atoms with Gasteiger partial charge in [0.05, 0.1) is 0 Å². The first-order valence-electron chi connectivity index (χ1n) is 11.8. The summed E-state index contributed by atoms with van der Waals surface area (Å²) in [5, 5.41) is 0.618. The Balaban J connectivity index is 2.22. The van der Waals surface area contributed by atoms with Crippen LogP contribution in [0.4, 0.5) is 11.4 Å². The van der Waals surface area contributed by atoms with E-state index in [0.29, 0.717) is 10.1 Å². The van der Waals surface area contributed by atoms with Gasteiger partial charge >= 0.3 is 0 Å². The average Bonchev–Trinajstić information content (AvgIpc) is 2.70. The molecule has 32 heavy (non-hydrogen) atoms. The summed E-state index contributed by atoms with van der Waals surface area (Å²) in [4.78, 5) is 0. The van der Waals surface area contributed by atoms with E-state index in [1.54, 1.807) is 0 Å². The molecule has 0 aliphatic rings. The summed E-state index contributed by atoms with van der Waals surface area (Å²) in [6.45, 7) is 28.4. The molecule has 0 radical (unpaired) electrons. The van der Waals surface area contributed by atoms with E-state index in [9.17, 15) is 0 Å². The number of anilines is 2. The molecule has 2 nitrogen and oxygen atoms in total. The van der Waals surface area contributed by atoms with Crippen LogP contribution in [0, 0.1) is 0 Å². The number of hydrogen-bond donors (Lipinski definition) is 0. The molecule has 176 valence electrons. The Hall–Kier alpha value is -1.79. The Bertz CT molecular complexity index is 850. The molecule has 2 aromatic carbocycles. The van der Waals surface area contributed by atoms with Crippen molar-refractivity contribution in [1.29, 1.82) is 0 Å². The van der Waals surface area contributed by atoms with Crippen molar-refractivity contribution in [2.45, 2.75) is 77.8 Å². The first-order valence-corrected chi connectivity index (χ1v) is 17.7. The maximum absolute atomic E-state index is 4.41. The fourth-order valence-electron chi connectivity index (χ4n) is 3.59. The molecule has 4 heteroatoms. The average molecular weight is 467 g/mol. The Morgan fingerprint density at radius 2 is 0.844 bits per heavy atom. The van der Waals surface area contributed by atoms with Gasteiger partial charge in [0.2, 0.25) is 0 Å². The first-order chi connectivity index (χ1) is 14.4. The second kappa shape index (κ2) is 8.87. The fraction of sp³-hybridized carbons (Fsp3) is 0.500. The van der Waals surface area contributed by atoms with E-state index >= 15 is 0 Å². The van der Waals surface area contributed by atoms with Crippen LogP contribution < -0.4 is 9.13 Å². The third-order valence-electron chi connectivity index (χ3n) is 8.55. The van der Waals surface area contributed by atoms with Gasteiger partial charge in [0.1, 0.15) is 0 Å². The van der Waals surface area contributed by atoms with Crippen molar-refractivity contribution in [1.82, 2.24) is 0 Å². The van der Waals surface area contributed by atoms with Gasteiger partial charge in [-0.1, -0.05) is 98.6 Å². The van der Waals surface area contributed by atoms with Crippen LogP contribution in [-0.4, -0.2) is 30.6 Å². The van der Waals surface area contributed by atoms with Gasteiger partial charge in [-0.15, -0.1) is 0 Å². The monoisotopic (exact) mass is 466 g/mol. The van der Waals surface area contributed by atoms with Crippen molar-refractivity contribution in [3.8, 4) is 0 Å². The fourth-order valence-corrected chi connectivity index (χ4v) is 7.19. The minimum absolute atomic E-state index is 0.309. The van der Waals surface area contributed by atoms with Gasteiger partial charge in [0, 0.05) is 11.4 Å². The molecule has 2 rings (SSSR count). The summed E-state index contributed by atoms with van der Waals surface area (Å²) in [5.74, 6) is 0. The van der Waals surface area contributed by atoms with Crippen LogP contribution in [0.25, 0.3) is 5.57 Å². The molecule has 0 amide bonds. The number of hydrogen-bond acceptors (Lipinski definition) is 2. The molecule has 0 saturated carbocycles. The molecule has 0 N–H and O–H groups in total. The topological polar surface area (TPSA) is 6.48 Å². The molecule has 0 spiro atoms. The van der Waals surface area contributed by atoms with Gasteiger partial charge in [-0.25, -0.2) is 0 Å². The van der Waals surface area contributed by atoms with Crippen LogP contribution in [0.3, 0.4) is 0 Å². The van der Waals surface area contributed by atoms with Crippen LogP contribution in [0.5, 0.6) is 0 Å². The molecule has 0 aromatic heterocycles. The SMILES string of the molecule is C=C(c1ccc(N(C)[Si](C)(C)C(C)(C)C)cc1)c1ccc(N(C)[Si](C)(C)C(C)(C)C)cc1. The molecule has 2 aromatic rings. The normalized spacial score (nSPS) is 13.1. The van der Waals surface area contributed by atoms with E-state index in [-0.39, 0.29) is 0 Å². The van der Waals surface area contributed by atoms with Crippen LogP contribution in [0.1, 0.15) is 52.7 Å². The molecule has 0 bridgehead atoms. The highest BCUT2D eigenvalue weighted by molar-refractivity contribution is 6.84. The minimum atomic E-state index is -1.59. The van der Waals surface area contributed by atoms with Gasteiger partial charge in [-0.05, 0) is 65.1 Å². The zero-order chi connectivity index (χ0) is 24.7. The molecular weight excluding hydrogens is 420 g/mol. The number of rotatable bonds is 6. The lowest BCUT2D eigenvalue weighted by molar-refractivity contribution is 0.712. The Kier molecular flexibility index (Phi) is 7.33. The van der Waals surface area contributed by atoms with Crippen LogP contribution in [-0.2, 0) is 0 Å². The lowest BCUT2D eigenvalue weighted by Gasteiger charge is -2.45. The van der Waals surface area contributed by atoms with Crippen LogP contribution in [0.2, 0.25) is 36.3 Å². The molecule has 0 heterocycles. The Labute approximate surface area is 200 Å². The predicted molar refractivity (Wildman–Crippen MR) is 152 cm³/mol. The molecule has 0 atom stereocenters. The number of nitrogens with zero attached hydrogens (tertiary/aromatic N) is 2. The van der Waals surface area contributed by atoms with E-state index in [1.165, 1.54) is 22.5 Å².